The molecule has 74 valence electrons. The second-order valence-corrected chi connectivity index (χ2v) is 3.16. The topological polar surface area (TPSA) is 80.4 Å². The fourth-order valence-electron chi connectivity index (χ4n) is 1.14. The van der Waals surface area contributed by atoms with Gasteiger partial charge in [0.1, 0.15) is 0 Å². The molecule has 0 bridgehead atoms. The second kappa shape index (κ2) is 3.49. The summed E-state index contributed by atoms with van der Waals surface area (Å²) in [6.07, 6.45) is 0. The Morgan fingerprint density at radius 1 is 1.29 bits per heavy atom. The van der Waals surface area contributed by atoms with Crippen molar-refractivity contribution in [2.75, 3.05) is 0 Å². The smallest absolute Gasteiger partial charge is 0.323 e. The van der Waals surface area contributed by atoms with E-state index in [1.807, 2.05) is 0 Å². The highest BCUT2D eigenvalue weighted by Gasteiger charge is 2.41. The lowest BCUT2D eigenvalue weighted by Gasteiger charge is -2.20. The lowest BCUT2D eigenvalue weighted by Crippen LogP contribution is -2.45. The maximum Gasteiger partial charge on any atom is 0.323 e. The minimum atomic E-state index is -1.65. The Morgan fingerprint density at radius 3 is 2.14 bits per heavy atom. The van der Waals surface area contributed by atoms with Crippen LogP contribution in [0.25, 0.3) is 0 Å². The van der Waals surface area contributed by atoms with E-state index < -0.39 is 17.3 Å². The first-order valence-electron chi connectivity index (χ1n) is 4.08. The van der Waals surface area contributed by atoms with Gasteiger partial charge in [-0.25, -0.2) is 0 Å². The van der Waals surface area contributed by atoms with Crippen molar-refractivity contribution in [3.05, 3.63) is 35.9 Å². The molecule has 1 aromatic carbocycles. The molecule has 1 atom stereocenters. The van der Waals surface area contributed by atoms with Gasteiger partial charge >= 0.3 is 5.97 Å². The number of hydrogen-bond donors (Lipinski definition) is 2. The molecule has 0 aliphatic carbocycles. The summed E-state index contributed by atoms with van der Waals surface area (Å²) >= 11 is 0. The zero-order valence-electron chi connectivity index (χ0n) is 7.73. The molecule has 0 unspecified atom stereocenters. The Balaban J connectivity index is 3.27. The van der Waals surface area contributed by atoms with Gasteiger partial charge in [0.25, 0.3) is 0 Å². The van der Waals surface area contributed by atoms with E-state index in [4.69, 9.17) is 10.8 Å². The second-order valence-electron chi connectivity index (χ2n) is 3.16. The lowest BCUT2D eigenvalue weighted by atomic mass is 9.82. The van der Waals surface area contributed by atoms with E-state index in [0.717, 1.165) is 0 Å². The van der Waals surface area contributed by atoms with Gasteiger partial charge in [0, 0.05) is 0 Å². The number of rotatable bonds is 3. The molecule has 1 amide bonds. The van der Waals surface area contributed by atoms with Crippen LogP contribution in [-0.4, -0.2) is 17.0 Å². The first kappa shape index (κ1) is 10.2. The number of amides is 1. The van der Waals surface area contributed by atoms with Crippen LogP contribution in [0.15, 0.2) is 30.3 Å². The summed E-state index contributed by atoms with van der Waals surface area (Å²) in [5, 5.41) is 8.96. The molecule has 1 aromatic rings. The average Bonchev–Trinajstić information content (AvgIpc) is 2.17. The van der Waals surface area contributed by atoms with E-state index in [-0.39, 0.29) is 0 Å². The Hall–Kier alpha value is -1.84. The molecule has 4 nitrogen and oxygen atoms in total. The van der Waals surface area contributed by atoms with Gasteiger partial charge < -0.3 is 10.8 Å². The van der Waals surface area contributed by atoms with E-state index in [0.29, 0.717) is 5.56 Å². The summed E-state index contributed by atoms with van der Waals surface area (Å²) < 4.78 is 0. The number of carbonyl (C=O) groups is 2. The molecule has 0 aliphatic heterocycles. The molecule has 4 heteroatoms. The van der Waals surface area contributed by atoms with Gasteiger partial charge in [-0.05, 0) is 12.5 Å². The van der Waals surface area contributed by atoms with Crippen LogP contribution in [0.4, 0.5) is 0 Å². The van der Waals surface area contributed by atoms with Crippen LogP contribution in [0.1, 0.15) is 12.5 Å². The van der Waals surface area contributed by atoms with Gasteiger partial charge in [0.15, 0.2) is 5.41 Å². The molecule has 1 rings (SSSR count). The Bertz CT molecular complexity index is 345. The monoisotopic (exact) mass is 193 g/mol. The summed E-state index contributed by atoms with van der Waals surface area (Å²) in [5.74, 6) is -2.10. The van der Waals surface area contributed by atoms with E-state index in [1.165, 1.54) is 6.92 Å². The van der Waals surface area contributed by atoms with Gasteiger partial charge in [-0.1, -0.05) is 30.3 Å². The minimum absolute atomic E-state index is 0.389. The molecular formula is C10H11NO3. The molecule has 0 aromatic heterocycles. The molecule has 3 N–H and O–H groups in total. The van der Waals surface area contributed by atoms with E-state index >= 15 is 0 Å². The number of carboxylic acids is 1. The van der Waals surface area contributed by atoms with Crippen molar-refractivity contribution < 1.29 is 14.7 Å². The SMILES string of the molecule is C[C@](C(N)=O)(C(=O)O)c1ccccc1. The van der Waals surface area contributed by atoms with E-state index in [2.05, 4.69) is 0 Å². The Kier molecular flexibility index (Phi) is 2.56. The molecule has 0 radical (unpaired) electrons. The van der Waals surface area contributed by atoms with Crippen molar-refractivity contribution in [2.45, 2.75) is 12.3 Å². The van der Waals surface area contributed by atoms with Gasteiger partial charge in [0.2, 0.25) is 5.91 Å². The van der Waals surface area contributed by atoms with Gasteiger partial charge in [-0.2, -0.15) is 0 Å². The molecular weight excluding hydrogens is 182 g/mol. The highest BCUT2D eigenvalue weighted by molar-refractivity contribution is 6.06. The molecule has 0 fully saturated rings. The summed E-state index contributed by atoms with van der Waals surface area (Å²) in [6.45, 7) is 1.30. The number of aliphatic carboxylic acids is 1. The average molecular weight is 193 g/mol. The third-order valence-corrected chi connectivity index (χ3v) is 2.27. The lowest BCUT2D eigenvalue weighted by molar-refractivity contribution is -0.147. The summed E-state index contributed by atoms with van der Waals surface area (Å²) in [5.41, 5.74) is 3.82. The van der Waals surface area contributed by atoms with Crippen molar-refractivity contribution in [2.24, 2.45) is 5.73 Å². The normalized spacial score (nSPS) is 14.4. The number of carbonyl (C=O) groups excluding carboxylic acids is 1. The highest BCUT2D eigenvalue weighted by atomic mass is 16.4. The summed E-state index contributed by atoms with van der Waals surface area (Å²) in [7, 11) is 0. The Morgan fingerprint density at radius 2 is 1.79 bits per heavy atom. The number of primary amides is 1. The van der Waals surface area contributed by atoms with Gasteiger partial charge in [-0.3, -0.25) is 9.59 Å². The number of benzene rings is 1. The standard InChI is InChI=1S/C10H11NO3/c1-10(8(11)12,9(13)14)7-5-3-2-4-6-7/h2-6H,1H3,(H2,11,12)(H,13,14)/t10-/m0/s1. The molecule has 0 aliphatic rings. The van der Waals surface area contributed by atoms with Crippen LogP contribution in [0.5, 0.6) is 0 Å². The molecule has 0 heterocycles. The summed E-state index contributed by atoms with van der Waals surface area (Å²) in [6, 6.07) is 8.21. The zero-order chi connectivity index (χ0) is 10.8. The third kappa shape index (κ3) is 1.46. The molecule has 0 spiro atoms. The van der Waals surface area contributed by atoms with Crippen LogP contribution < -0.4 is 5.73 Å². The molecule has 14 heavy (non-hydrogen) atoms. The zero-order valence-corrected chi connectivity index (χ0v) is 7.73. The van der Waals surface area contributed by atoms with Crippen LogP contribution in [0.3, 0.4) is 0 Å². The van der Waals surface area contributed by atoms with Crippen molar-refractivity contribution in [1.29, 1.82) is 0 Å². The number of nitrogens with two attached hydrogens (primary N) is 1. The van der Waals surface area contributed by atoms with Gasteiger partial charge in [-0.15, -0.1) is 0 Å². The number of hydrogen-bond acceptors (Lipinski definition) is 2. The first-order valence-corrected chi connectivity index (χ1v) is 4.08. The largest absolute Gasteiger partial charge is 0.480 e. The van der Waals surface area contributed by atoms with Crippen LogP contribution >= 0.6 is 0 Å². The Labute approximate surface area is 81.3 Å². The van der Waals surface area contributed by atoms with E-state index in [1.54, 1.807) is 30.3 Å². The summed E-state index contributed by atoms with van der Waals surface area (Å²) in [4.78, 5) is 22.1. The molecule has 0 saturated carbocycles. The molecule has 0 saturated heterocycles. The van der Waals surface area contributed by atoms with Crippen molar-refractivity contribution in [1.82, 2.24) is 0 Å². The minimum Gasteiger partial charge on any atom is -0.480 e. The maximum absolute atomic E-state index is 11.1. The van der Waals surface area contributed by atoms with Crippen LogP contribution in [0, 0.1) is 0 Å². The van der Waals surface area contributed by atoms with Crippen molar-refractivity contribution >= 4 is 11.9 Å². The van der Waals surface area contributed by atoms with E-state index in [9.17, 15) is 9.59 Å². The predicted molar refractivity (Wildman–Crippen MR) is 50.6 cm³/mol. The fraction of sp³-hybridized carbons (Fsp3) is 0.200. The predicted octanol–water partition coefficient (Wildman–Crippen LogP) is 0.514. The first-order chi connectivity index (χ1) is 6.49. The van der Waals surface area contributed by atoms with Gasteiger partial charge in [0.05, 0.1) is 0 Å². The van der Waals surface area contributed by atoms with Crippen LogP contribution in [0.2, 0.25) is 0 Å². The highest BCUT2D eigenvalue weighted by Crippen LogP contribution is 2.23. The third-order valence-electron chi connectivity index (χ3n) is 2.27. The number of carboxylic acid groups (broad SMARTS) is 1. The van der Waals surface area contributed by atoms with Crippen LogP contribution in [-0.2, 0) is 15.0 Å². The van der Waals surface area contributed by atoms with Crippen molar-refractivity contribution in [3.8, 4) is 0 Å². The fourth-order valence-corrected chi connectivity index (χ4v) is 1.14. The van der Waals surface area contributed by atoms with Crippen molar-refractivity contribution in [3.63, 3.8) is 0 Å². The quantitative estimate of drug-likeness (QED) is 0.686. The maximum atomic E-state index is 11.1.